The molecule has 0 aliphatic carbocycles. The highest BCUT2D eigenvalue weighted by atomic mass is 31.2. The molecule has 246 valence electrons. The summed E-state index contributed by atoms with van der Waals surface area (Å²) in [6.07, 6.45) is 3.86. The van der Waals surface area contributed by atoms with Crippen molar-refractivity contribution in [3.8, 4) is 0 Å². The molecule has 8 heteroatoms. The third-order valence-corrected chi connectivity index (χ3v) is 5.67. The van der Waals surface area contributed by atoms with E-state index >= 15 is 0 Å². The maximum Gasteiger partial charge on any atom is 0.197 e. The Kier molecular flexibility index (Phi) is 41.1. The van der Waals surface area contributed by atoms with Crippen LogP contribution in [0, 0.1) is 0 Å². The summed E-state index contributed by atoms with van der Waals surface area (Å²) in [5.41, 5.74) is 4.67. The molecule has 6 nitrogen and oxygen atoms in total. The van der Waals surface area contributed by atoms with Crippen LogP contribution in [-0.4, -0.2) is 97.6 Å². The maximum atomic E-state index is 10.9. The van der Waals surface area contributed by atoms with E-state index in [0.717, 1.165) is 47.9 Å². The first-order chi connectivity index (χ1) is 16.4. The van der Waals surface area contributed by atoms with Crippen LogP contribution in [0.4, 0.5) is 0 Å². The van der Waals surface area contributed by atoms with Gasteiger partial charge in [0.05, 0.1) is 40.9 Å². The first-order valence-electron chi connectivity index (χ1n) is 12.8. The summed E-state index contributed by atoms with van der Waals surface area (Å²) in [5, 5.41) is 0. The minimum Gasteiger partial charge on any atom is -0.331 e. The summed E-state index contributed by atoms with van der Waals surface area (Å²) in [6.45, 7) is 32.9. The van der Waals surface area contributed by atoms with Gasteiger partial charge in [-0.3, -0.25) is 9.13 Å². The summed E-state index contributed by atoms with van der Waals surface area (Å²) in [4.78, 5) is 2.16. The number of hydrogen-bond donors (Lipinski definition) is 0. The van der Waals surface area contributed by atoms with Crippen LogP contribution in [0.25, 0.3) is 0 Å². The molecule has 0 aliphatic rings. The van der Waals surface area contributed by atoms with Gasteiger partial charge in [-0.05, 0) is 61.1 Å². The molecule has 0 aromatic carbocycles. The summed E-state index contributed by atoms with van der Waals surface area (Å²) in [6, 6.07) is 0. The van der Waals surface area contributed by atoms with Crippen molar-refractivity contribution in [1.82, 2.24) is 4.90 Å². The molecule has 0 radical (unpaired) electrons. The highest BCUT2D eigenvalue weighted by Gasteiger charge is 2.06. The van der Waals surface area contributed by atoms with E-state index in [1.54, 1.807) is 26.7 Å². The van der Waals surface area contributed by atoms with Crippen molar-refractivity contribution in [3.05, 3.63) is 48.6 Å². The van der Waals surface area contributed by atoms with Crippen molar-refractivity contribution in [2.24, 2.45) is 0 Å². The van der Waals surface area contributed by atoms with Crippen LogP contribution in [0.1, 0.15) is 75.7 Å². The van der Waals surface area contributed by atoms with E-state index in [9.17, 15) is 9.13 Å². The molecule has 0 aromatic heterocycles. The van der Waals surface area contributed by atoms with E-state index in [0.29, 0.717) is 13.2 Å². The van der Waals surface area contributed by atoms with Crippen LogP contribution in [-0.2, 0) is 18.2 Å². The Morgan fingerprint density at radius 1 is 0.625 bits per heavy atom. The third kappa shape index (κ3) is 83.2. The van der Waals surface area contributed by atoms with Gasteiger partial charge in [0, 0.05) is 39.6 Å². The fourth-order valence-electron chi connectivity index (χ4n) is 1.82. The van der Waals surface area contributed by atoms with Gasteiger partial charge in [0.25, 0.3) is 0 Å². The Labute approximate surface area is 254 Å². The zero-order valence-corrected chi connectivity index (χ0v) is 28.7. The van der Waals surface area contributed by atoms with Gasteiger partial charge in [-0.1, -0.05) is 51.2 Å². The molecule has 0 saturated carbocycles. The van der Waals surface area contributed by atoms with Crippen LogP contribution in [0.2, 0.25) is 0 Å². The first-order valence-corrected chi connectivity index (χ1v) is 17.8. The third-order valence-electron chi connectivity index (χ3n) is 4.06. The second-order valence-electron chi connectivity index (χ2n) is 11.8. The quantitative estimate of drug-likeness (QED) is 0.111. The average Bonchev–Trinajstić information content (AvgIpc) is 2.63. The molecular formula is C32H75N2O4P2+. The van der Waals surface area contributed by atoms with Gasteiger partial charge < -0.3 is 18.4 Å². The molecule has 0 N–H and O–H groups in total. The van der Waals surface area contributed by atoms with E-state index in [1.165, 1.54) is 17.7 Å². The van der Waals surface area contributed by atoms with Gasteiger partial charge >= 0.3 is 0 Å². The lowest BCUT2D eigenvalue weighted by atomic mass is 10.2. The monoisotopic (exact) mass is 614 g/mol. The fraction of sp³-hybridized carbons (Fsp3) is 0.750. The Bertz CT molecular complexity index is 705. The van der Waals surface area contributed by atoms with Gasteiger partial charge in [0.2, 0.25) is 0 Å². The van der Waals surface area contributed by atoms with E-state index in [4.69, 9.17) is 9.05 Å². The van der Waals surface area contributed by atoms with Gasteiger partial charge in [-0.15, -0.1) is 19.7 Å². The SMILES string of the molecule is C.C.C.C=C(C)CCN(C)C.C=C(C)CCOP(C)(C)=O.C=C(C)CCOP(C)(C)=O.C=C(C)CC[N+](C)(C)C. The Hall–Kier alpha value is -0.740. The zero-order valence-electron chi connectivity index (χ0n) is 26.9. The molecule has 0 aliphatic heterocycles. The summed E-state index contributed by atoms with van der Waals surface area (Å²) >= 11 is 0. The molecule has 0 atom stereocenters. The topological polar surface area (TPSA) is 55.8 Å². The van der Waals surface area contributed by atoms with Crippen molar-refractivity contribution in [2.75, 3.05) is 88.2 Å². The molecule has 0 aromatic rings. The molecule has 0 amide bonds. The van der Waals surface area contributed by atoms with Crippen molar-refractivity contribution in [1.29, 1.82) is 0 Å². The smallest absolute Gasteiger partial charge is 0.197 e. The van der Waals surface area contributed by atoms with Gasteiger partial charge in [0.15, 0.2) is 14.7 Å². The number of quaternary nitrogens is 1. The predicted molar refractivity (Wildman–Crippen MR) is 190 cm³/mol. The lowest BCUT2D eigenvalue weighted by Gasteiger charge is -2.23. The lowest BCUT2D eigenvalue weighted by molar-refractivity contribution is -0.870. The standard InChI is InChI=1S/C8H18N.C7H15N.2C7H15O2P.3CH4/c1-8(2)6-7-9(3,4)5;1-7(2)5-6-8(3)4;2*1-7(2)5-6-9-10(3,4)8;;;/h1,6-7H2,2-5H3;1,5-6H2,2-4H3;2*1,5-6H2,2-4H3;3*1H4/q+1;;;;;;. The number of nitrogens with zero attached hydrogens (tertiary/aromatic N) is 2. The van der Waals surface area contributed by atoms with Crippen LogP contribution in [0.3, 0.4) is 0 Å². The van der Waals surface area contributed by atoms with Gasteiger partial charge in [-0.25, -0.2) is 0 Å². The van der Waals surface area contributed by atoms with Crippen molar-refractivity contribution in [3.63, 3.8) is 0 Å². The Morgan fingerprint density at radius 2 is 0.900 bits per heavy atom. The predicted octanol–water partition coefficient (Wildman–Crippen LogP) is 10.1. The Balaban J connectivity index is -0.0000000711. The molecule has 0 unspecified atom stereocenters. The van der Waals surface area contributed by atoms with E-state index in [-0.39, 0.29) is 22.3 Å². The van der Waals surface area contributed by atoms with Gasteiger partial charge in [-0.2, -0.15) is 0 Å². The second kappa shape index (κ2) is 29.7. The fourth-order valence-corrected chi connectivity index (χ4v) is 2.88. The lowest BCUT2D eigenvalue weighted by Crippen LogP contribution is -2.35. The number of hydrogen-bond acceptors (Lipinski definition) is 5. The normalized spacial score (nSPS) is 10.3. The average molecular weight is 614 g/mol. The van der Waals surface area contributed by atoms with E-state index in [2.05, 4.69) is 80.3 Å². The molecule has 0 spiro atoms. The largest absolute Gasteiger partial charge is 0.331 e. The zero-order chi connectivity index (χ0) is 30.5. The highest BCUT2D eigenvalue weighted by molar-refractivity contribution is 7.57. The minimum atomic E-state index is -2.26. The van der Waals surface area contributed by atoms with E-state index in [1.807, 2.05) is 13.8 Å². The second-order valence-corrected chi connectivity index (χ2v) is 17.3. The maximum absolute atomic E-state index is 10.9. The van der Waals surface area contributed by atoms with E-state index < -0.39 is 14.7 Å². The van der Waals surface area contributed by atoms with Crippen LogP contribution >= 0.6 is 14.7 Å². The molecular weight excluding hydrogens is 538 g/mol. The minimum absolute atomic E-state index is 0. The Morgan fingerprint density at radius 3 is 1.02 bits per heavy atom. The molecule has 0 rings (SSSR count). The van der Waals surface area contributed by atoms with Crippen molar-refractivity contribution >= 4 is 14.7 Å². The first kappa shape index (κ1) is 55.2. The molecule has 0 bridgehead atoms. The van der Waals surface area contributed by atoms with Crippen LogP contribution < -0.4 is 0 Å². The van der Waals surface area contributed by atoms with Crippen LogP contribution in [0.15, 0.2) is 48.6 Å². The summed E-state index contributed by atoms with van der Waals surface area (Å²) in [5.74, 6) is 0. The van der Waals surface area contributed by atoms with Crippen molar-refractivity contribution in [2.45, 2.75) is 75.7 Å². The van der Waals surface area contributed by atoms with Gasteiger partial charge in [0.1, 0.15) is 0 Å². The highest BCUT2D eigenvalue weighted by Crippen LogP contribution is 2.37. The summed E-state index contributed by atoms with van der Waals surface area (Å²) in [7, 11) is 6.21. The molecule has 0 saturated heterocycles. The number of rotatable bonds is 14. The molecule has 40 heavy (non-hydrogen) atoms. The van der Waals surface area contributed by atoms with Crippen LogP contribution in [0.5, 0.6) is 0 Å². The van der Waals surface area contributed by atoms with Crippen molar-refractivity contribution < 1.29 is 22.7 Å². The summed E-state index contributed by atoms with van der Waals surface area (Å²) < 4.78 is 33.0. The molecule has 0 fully saturated rings. The molecule has 0 heterocycles.